The van der Waals surface area contributed by atoms with E-state index in [-0.39, 0.29) is 10.6 Å². The molecule has 1 amide bonds. The van der Waals surface area contributed by atoms with E-state index in [1.807, 2.05) is 0 Å². The van der Waals surface area contributed by atoms with Crippen molar-refractivity contribution in [3.05, 3.63) is 75.6 Å². The molecule has 134 valence electrons. The highest BCUT2D eigenvalue weighted by Gasteiger charge is 2.27. The van der Waals surface area contributed by atoms with Gasteiger partial charge >= 0.3 is 5.97 Å². The topological polar surface area (TPSA) is 93.3 Å². The second kappa shape index (κ2) is 6.17. The molecule has 1 heterocycles. The van der Waals surface area contributed by atoms with Crippen molar-refractivity contribution >= 4 is 23.5 Å². The SMILES string of the molecule is NC(=O)c1cc(-c2ccc(F)c(Cl)c2)nc2c1Cc1cc(C(=O)O)ccc1-2. The highest BCUT2D eigenvalue weighted by atomic mass is 35.5. The number of nitrogens with two attached hydrogens (primary N) is 1. The number of benzene rings is 2. The highest BCUT2D eigenvalue weighted by Crippen LogP contribution is 2.39. The minimum atomic E-state index is -1.03. The van der Waals surface area contributed by atoms with E-state index < -0.39 is 17.7 Å². The van der Waals surface area contributed by atoms with Gasteiger partial charge in [-0.25, -0.2) is 14.2 Å². The molecule has 1 aliphatic rings. The first-order chi connectivity index (χ1) is 12.8. The molecular formula is C20H12ClFN2O3. The number of fused-ring (bicyclic) bond motifs is 3. The van der Waals surface area contributed by atoms with Gasteiger partial charge < -0.3 is 10.8 Å². The third-order valence-corrected chi connectivity index (χ3v) is 4.87. The number of carboxylic acids is 1. The van der Waals surface area contributed by atoms with Gasteiger partial charge in [-0.3, -0.25) is 4.79 Å². The molecule has 3 aromatic rings. The molecule has 0 saturated heterocycles. The summed E-state index contributed by atoms with van der Waals surface area (Å²) in [5.41, 5.74) is 9.70. The van der Waals surface area contributed by atoms with E-state index in [2.05, 4.69) is 4.98 Å². The largest absolute Gasteiger partial charge is 0.478 e. The third-order valence-electron chi connectivity index (χ3n) is 4.58. The van der Waals surface area contributed by atoms with Crippen LogP contribution < -0.4 is 5.73 Å². The number of carbonyl (C=O) groups excluding carboxylic acids is 1. The molecule has 1 aliphatic carbocycles. The van der Waals surface area contributed by atoms with E-state index in [1.54, 1.807) is 18.2 Å². The molecule has 2 aromatic carbocycles. The van der Waals surface area contributed by atoms with Crippen LogP contribution in [0.15, 0.2) is 42.5 Å². The van der Waals surface area contributed by atoms with Crippen LogP contribution in [-0.4, -0.2) is 22.0 Å². The Hall–Kier alpha value is -3.25. The molecule has 0 aliphatic heterocycles. The number of hydrogen-bond acceptors (Lipinski definition) is 3. The summed E-state index contributed by atoms with van der Waals surface area (Å²) in [6.07, 6.45) is 0.363. The molecule has 0 spiro atoms. The Kier molecular flexibility index (Phi) is 3.93. The minimum Gasteiger partial charge on any atom is -0.478 e. The number of amides is 1. The summed E-state index contributed by atoms with van der Waals surface area (Å²) in [5.74, 6) is -2.20. The first-order valence-electron chi connectivity index (χ1n) is 8.01. The predicted molar refractivity (Wildman–Crippen MR) is 98.4 cm³/mol. The molecule has 0 atom stereocenters. The predicted octanol–water partition coefficient (Wildman–Crippen LogP) is 3.91. The Labute approximate surface area is 158 Å². The van der Waals surface area contributed by atoms with Crippen LogP contribution in [0.5, 0.6) is 0 Å². The van der Waals surface area contributed by atoms with E-state index in [4.69, 9.17) is 17.3 Å². The van der Waals surface area contributed by atoms with Gasteiger partial charge in [0.25, 0.3) is 0 Å². The molecule has 5 nitrogen and oxygen atoms in total. The molecule has 0 unspecified atom stereocenters. The first-order valence-corrected chi connectivity index (χ1v) is 8.38. The van der Waals surface area contributed by atoms with Crippen LogP contribution in [0.4, 0.5) is 4.39 Å². The van der Waals surface area contributed by atoms with E-state index in [0.717, 1.165) is 11.1 Å². The summed E-state index contributed by atoms with van der Waals surface area (Å²) in [6.45, 7) is 0. The van der Waals surface area contributed by atoms with Crippen LogP contribution in [-0.2, 0) is 6.42 Å². The van der Waals surface area contributed by atoms with Gasteiger partial charge in [-0.2, -0.15) is 0 Å². The van der Waals surface area contributed by atoms with Crippen LogP contribution in [0.3, 0.4) is 0 Å². The second-order valence-electron chi connectivity index (χ2n) is 6.23. The summed E-state index contributed by atoms with van der Waals surface area (Å²) in [7, 11) is 0. The number of aromatic nitrogens is 1. The van der Waals surface area contributed by atoms with Crippen molar-refractivity contribution < 1.29 is 19.1 Å². The van der Waals surface area contributed by atoms with Crippen LogP contribution in [0.1, 0.15) is 31.8 Å². The Morgan fingerprint density at radius 1 is 1.15 bits per heavy atom. The van der Waals surface area contributed by atoms with Crippen LogP contribution in [0.25, 0.3) is 22.5 Å². The number of rotatable bonds is 3. The van der Waals surface area contributed by atoms with E-state index in [9.17, 15) is 19.1 Å². The van der Waals surface area contributed by atoms with Gasteiger partial charge in [-0.1, -0.05) is 17.7 Å². The highest BCUT2D eigenvalue weighted by molar-refractivity contribution is 6.31. The summed E-state index contributed by atoms with van der Waals surface area (Å²) in [4.78, 5) is 27.8. The zero-order chi connectivity index (χ0) is 19.3. The maximum Gasteiger partial charge on any atom is 0.335 e. The summed E-state index contributed by atoms with van der Waals surface area (Å²) >= 11 is 5.86. The smallest absolute Gasteiger partial charge is 0.335 e. The van der Waals surface area contributed by atoms with Crippen molar-refractivity contribution in [2.24, 2.45) is 5.73 Å². The lowest BCUT2D eigenvalue weighted by Gasteiger charge is -2.10. The molecule has 4 rings (SSSR count). The van der Waals surface area contributed by atoms with Crippen LogP contribution in [0.2, 0.25) is 5.02 Å². The molecule has 0 radical (unpaired) electrons. The number of carbonyl (C=O) groups is 2. The monoisotopic (exact) mass is 382 g/mol. The summed E-state index contributed by atoms with van der Waals surface area (Å²) in [5, 5.41) is 9.13. The van der Waals surface area contributed by atoms with Gasteiger partial charge in [-0.15, -0.1) is 0 Å². The van der Waals surface area contributed by atoms with Crippen molar-refractivity contribution in [1.29, 1.82) is 0 Å². The lowest BCUT2D eigenvalue weighted by atomic mass is 10.0. The zero-order valence-corrected chi connectivity index (χ0v) is 14.5. The molecule has 3 N–H and O–H groups in total. The Balaban J connectivity index is 1.93. The maximum absolute atomic E-state index is 13.5. The fourth-order valence-electron chi connectivity index (χ4n) is 3.29. The normalized spacial score (nSPS) is 11.8. The van der Waals surface area contributed by atoms with Crippen molar-refractivity contribution in [3.8, 4) is 22.5 Å². The molecule has 27 heavy (non-hydrogen) atoms. The van der Waals surface area contributed by atoms with Gasteiger partial charge in [0.05, 0.1) is 22.0 Å². The number of halogens is 2. The van der Waals surface area contributed by atoms with E-state index in [1.165, 1.54) is 24.3 Å². The number of hydrogen-bond donors (Lipinski definition) is 2. The number of carboxylic acid groups (broad SMARTS) is 1. The first kappa shape index (κ1) is 17.2. The molecule has 7 heteroatoms. The van der Waals surface area contributed by atoms with Gasteiger partial charge in [0.15, 0.2) is 0 Å². The Morgan fingerprint density at radius 2 is 1.93 bits per heavy atom. The van der Waals surface area contributed by atoms with Crippen molar-refractivity contribution in [1.82, 2.24) is 4.98 Å². The number of aromatic carboxylic acids is 1. The van der Waals surface area contributed by atoms with Crippen molar-refractivity contribution in [2.75, 3.05) is 0 Å². The lowest BCUT2D eigenvalue weighted by Crippen LogP contribution is -2.14. The zero-order valence-electron chi connectivity index (χ0n) is 13.8. The minimum absolute atomic E-state index is 0.0538. The molecular weight excluding hydrogens is 371 g/mol. The molecule has 0 fully saturated rings. The third kappa shape index (κ3) is 2.84. The second-order valence-corrected chi connectivity index (χ2v) is 6.64. The average molecular weight is 383 g/mol. The Bertz CT molecular complexity index is 1140. The fourth-order valence-corrected chi connectivity index (χ4v) is 3.47. The van der Waals surface area contributed by atoms with E-state index >= 15 is 0 Å². The Morgan fingerprint density at radius 3 is 2.59 bits per heavy atom. The van der Waals surface area contributed by atoms with Crippen molar-refractivity contribution in [3.63, 3.8) is 0 Å². The number of nitrogens with zero attached hydrogens (tertiary/aromatic N) is 1. The van der Waals surface area contributed by atoms with Gasteiger partial charge in [-0.05, 0) is 47.5 Å². The summed E-state index contributed by atoms with van der Waals surface area (Å²) < 4.78 is 13.5. The maximum atomic E-state index is 13.5. The molecule has 1 aromatic heterocycles. The number of pyridine rings is 1. The van der Waals surface area contributed by atoms with Crippen molar-refractivity contribution in [2.45, 2.75) is 6.42 Å². The fraction of sp³-hybridized carbons (Fsp3) is 0.0500. The van der Waals surface area contributed by atoms with E-state index in [0.29, 0.717) is 34.5 Å². The van der Waals surface area contributed by atoms with Crippen LogP contribution >= 0.6 is 11.6 Å². The van der Waals surface area contributed by atoms with Gasteiger partial charge in [0.2, 0.25) is 5.91 Å². The lowest BCUT2D eigenvalue weighted by molar-refractivity contribution is 0.0696. The molecule has 0 bridgehead atoms. The average Bonchev–Trinajstić information content (AvgIpc) is 3.00. The van der Waals surface area contributed by atoms with Gasteiger partial charge in [0.1, 0.15) is 5.82 Å². The number of primary amides is 1. The quantitative estimate of drug-likeness (QED) is 0.561. The molecule has 0 saturated carbocycles. The van der Waals surface area contributed by atoms with Crippen LogP contribution in [0, 0.1) is 5.82 Å². The summed E-state index contributed by atoms with van der Waals surface area (Å²) in [6, 6.07) is 10.5. The standard InChI is InChI=1S/C20H12ClFN2O3/c21-15-7-9(2-4-16(15)22)17-8-14(19(23)25)13-6-11-5-10(20(26)27)1-3-12(11)18(13)24-17/h1-5,7-8H,6H2,(H2,23,25)(H,26,27). The van der Waals surface area contributed by atoms with Gasteiger partial charge in [0, 0.05) is 23.1 Å².